The molecule has 94 valence electrons. The summed E-state index contributed by atoms with van der Waals surface area (Å²) in [5, 5.41) is 18.4. The molecule has 1 aliphatic carbocycles. The SMILES string of the molecule is N#Cc1cccc(C=C(CO)C2CCCCC2)c1. The number of aliphatic hydroxyl groups excluding tert-OH is 1. The Labute approximate surface area is 109 Å². The summed E-state index contributed by atoms with van der Waals surface area (Å²) in [6, 6.07) is 9.70. The van der Waals surface area contributed by atoms with E-state index < -0.39 is 0 Å². The third kappa shape index (κ3) is 3.21. The van der Waals surface area contributed by atoms with Gasteiger partial charge in [-0.15, -0.1) is 0 Å². The number of nitrogens with zero attached hydrogens (tertiary/aromatic N) is 1. The van der Waals surface area contributed by atoms with Gasteiger partial charge < -0.3 is 5.11 Å². The first kappa shape index (κ1) is 12.9. The average molecular weight is 241 g/mol. The molecule has 1 N–H and O–H groups in total. The van der Waals surface area contributed by atoms with Crippen molar-refractivity contribution >= 4 is 6.08 Å². The van der Waals surface area contributed by atoms with E-state index in [2.05, 4.69) is 12.1 Å². The number of nitriles is 1. The predicted molar refractivity (Wildman–Crippen MR) is 72.8 cm³/mol. The topological polar surface area (TPSA) is 44.0 Å². The Bertz CT molecular complexity index is 464. The molecule has 1 saturated carbocycles. The molecule has 2 heteroatoms. The van der Waals surface area contributed by atoms with Crippen molar-refractivity contribution in [2.24, 2.45) is 5.92 Å². The summed E-state index contributed by atoms with van der Waals surface area (Å²) in [7, 11) is 0. The lowest BCUT2D eigenvalue weighted by Crippen LogP contribution is -2.11. The Morgan fingerprint density at radius 3 is 2.78 bits per heavy atom. The molecule has 0 bridgehead atoms. The van der Waals surface area contributed by atoms with Gasteiger partial charge in [0.2, 0.25) is 0 Å². The highest BCUT2D eigenvalue weighted by atomic mass is 16.3. The Kier molecular flexibility index (Phi) is 4.55. The number of hydrogen-bond donors (Lipinski definition) is 1. The van der Waals surface area contributed by atoms with Crippen molar-refractivity contribution in [3.63, 3.8) is 0 Å². The minimum atomic E-state index is 0.126. The van der Waals surface area contributed by atoms with Gasteiger partial charge in [-0.3, -0.25) is 0 Å². The summed E-state index contributed by atoms with van der Waals surface area (Å²) >= 11 is 0. The van der Waals surface area contributed by atoms with E-state index in [1.54, 1.807) is 6.07 Å². The van der Waals surface area contributed by atoms with E-state index in [1.807, 2.05) is 18.2 Å². The quantitative estimate of drug-likeness (QED) is 0.880. The zero-order valence-corrected chi connectivity index (χ0v) is 10.6. The van der Waals surface area contributed by atoms with Crippen molar-refractivity contribution < 1.29 is 5.11 Å². The van der Waals surface area contributed by atoms with E-state index >= 15 is 0 Å². The maximum atomic E-state index is 9.53. The molecule has 18 heavy (non-hydrogen) atoms. The van der Waals surface area contributed by atoms with Gasteiger partial charge in [0, 0.05) is 0 Å². The molecule has 1 fully saturated rings. The molecule has 0 unspecified atom stereocenters. The van der Waals surface area contributed by atoms with Crippen LogP contribution in [0.3, 0.4) is 0 Å². The lowest BCUT2D eigenvalue weighted by Gasteiger charge is -2.23. The van der Waals surface area contributed by atoms with E-state index in [9.17, 15) is 5.11 Å². The summed E-state index contributed by atoms with van der Waals surface area (Å²) < 4.78 is 0. The molecule has 0 saturated heterocycles. The van der Waals surface area contributed by atoms with Crippen LogP contribution in [-0.4, -0.2) is 11.7 Å². The van der Waals surface area contributed by atoms with E-state index in [0.717, 1.165) is 11.1 Å². The second kappa shape index (κ2) is 6.37. The van der Waals surface area contributed by atoms with Crippen molar-refractivity contribution in [3.05, 3.63) is 41.0 Å². The maximum Gasteiger partial charge on any atom is 0.0991 e. The highest BCUT2D eigenvalue weighted by Gasteiger charge is 2.17. The smallest absolute Gasteiger partial charge is 0.0991 e. The Morgan fingerprint density at radius 2 is 2.11 bits per heavy atom. The van der Waals surface area contributed by atoms with Gasteiger partial charge in [-0.25, -0.2) is 0 Å². The summed E-state index contributed by atoms with van der Waals surface area (Å²) in [5.41, 5.74) is 2.80. The normalized spacial score (nSPS) is 17.4. The van der Waals surface area contributed by atoms with Crippen LogP contribution in [0, 0.1) is 17.2 Å². The molecule has 2 nitrogen and oxygen atoms in total. The lowest BCUT2D eigenvalue weighted by atomic mass is 9.83. The number of hydrogen-bond acceptors (Lipinski definition) is 2. The van der Waals surface area contributed by atoms with E-state index in [1.165, 1.54) is 32.1 Å². The lowest BCUT2D eigenvalue weighted by molar-refractivity contribution is 0.295. The average Bonchev–Trinajstić information content (AvgIpc) is 2.46. The number of rotatable bonds is 3. The second-order valence-electron chi connectivity index (χ2n) is 4.95. The monoisotopic (exact) mass is 241 g/mol. The zero-order valence-electron chi connectivity index (χ0n) is 10.6. The van der Waals surface area contributed by atoms with Gasteiger partial charge >= 0.3 is 0 Å². The van der Waals surface area contributed by atoms with E-state index in [4.69, 9.17) is 5.26 Å². The van der Waals surface area contributed by atoms with Gasteiger partial charge in [-0.1, -0.05) is 37.5 Å². The molecule has 0 heterocycles. The highest BCUT2D eigenvalue weighted by molar-refractivity contribution is 5.55. The largest absolute Gasteiger partial charge is 0.392 e. The third-order valence-electron chi connectivity index (χ3n) is 3.68. The number of benzene rings is 1. The molecule has 1 aliphatic rings. The standard InChI is InChI=1S/C16H19NO/c17-11-14-6-4-5-13(9-14)10-16(12-18)15-7-2-1-3-8-15/h4-6,9-10,15,18H,1-3,7-8,12H2. The van der Waals surface area contributed by atoms with Crippen LogP contribution >= 0.6 is 0 Å². The van der Waals surface area contributed by atoms with E-state index in [-0.39, 0.29) is 6.61 Å². The van der Waals surface area contributed by atoms with Crippen molar-refractivity contribution in [1.29, 1.82) is 5.26 Å². The summed E-state index contributed by atoms with van der Waals surface area (Å²) in [4.78, 5) is 0. The van der Waals surface area contributed by atoms with Crippen molar-refractivity contribution in [3.8, 4) is 6.07 Å². The first-order chi connectivity index (χ1) is 8.83. The summed E-state index contributed by atoms with van der Waals surface area (Å²) in [5.74, 6) is 0.523. The van der Waals surface area contributed by atoms with Crippen molar-refractivity contribution in [2.75, 3.05) is 6.61 Å². The van der Waals surface area contributed by atoms with Gasteiger partial charge in [0.05, 0.1) is 18.2 Å². The van der Waals surface area contributed by atoms with E-state index in [0.29, 0.717) is 11.5 Å². The fraction of sp³-hybridized carbons (Fsp3) is 0.438. The Hall–Kier alpha value is -1.59. The van der Waals surface area contributed by atoms with Crippen LogP contribution in [0.4, 0.5) is 0 Å². The molecule has 1 aromatic rings. The molecule has 0 aliphatic heterocycles. The molecule has 0 radical (unpaired) electrons. The molecule has 0 spiro atoms. The van der Waals surface area contributed by atoms with Gasteiger partial charge in [-0.05, 0) is 42.0 Å². The van der Waals surface area contributed by atoms with Crippen LogP contribution in [0.1, 0.15) is 43.2 Å². The fourth-order valence-electron chi connectivity index (χ4n) is 2.68. The first-order valence-corrected chi connectivity index (χ1v) is 6.65. The molecular formula is C16H19NO. The fourth-order valence-corrected chi connectivity index (χ4v) is 2.68. The Balaban J connectivity index is 2.19. The molecule has 0 aromatic heterocycles. The first-order valence-electron chi connectivity index (χ1n) is 6.65. The van der Waals surface area contributed by atoms with Gasteiger partial charge in [0.15, 0.2) is 0 Å². The van der Waals surface area contributed by atoms with Crippen LogP contribution in [0.15, 0.2) is 29.8 Å². The van der Waals surface area contributed by atoms with Gasteiger partial charge in [0.1, 0.15) is 0 Å². The predicted octanol–water partition coefficient (Wildman–Crippen LogP) is 3.51. The van der Waals surface area contributed by atoms with Crippen molar-refractivity contribution in [2.45, 2.75) is 32.1 Å². The van der Waals surface area contributed by atoms with Crippen LogP contribution in [0.2, 0.25) is 0 Å². The van der Waals surface area contributed by atoms with Gasteiger partial charge in [0.25, 0.3) is 0 Å². The molecule has 0 amide bonds. The van der Waals surface area contributed by atoms with Gasteiger partial charge in [-0.2, -0.15) is 5.26 Å². The second-order valence-corrected chi connectivity index (χ2v) is 4.95. The summed E-state index contributed by atoms with van der Waals surface area (Å²) in [6.45, 7) is 0.126. The number of aliphatic hydroxyl groups is 1. The minimum Gasteiger partial charge on any atom is -0.392 e. The Morgan fingerprint density at radius 1 is 1.33 bits per heavy atom. The molecule has 1 aromatic carbocycles. The minimum absolute atomic E-state index is 0.126. The molecule has 0 atom stereocenters. The van der Waals surface area contributed by atoms with Crippen LogP contribution in [0.5, 0.6) is 0 Å². The third-order valence-corrected chi connectivity index (χ3v) is 3.68. The van der Waals surface area contributed by atoms with Crippen LogP contribution in [-0.2, 0) is 0 Å². The molecular weight excluding hydrogens is 222 g/mol. The summed E-state index contributed by atoms with van der Waals surface area (Å²) in [6.07, 6.45) is 8.27. The molecule has 2 rings (SSSR count). The zero-order chi connectivity index (χ0) is 12.8. The van der Waals surface area contributed by atoms with Crippen LogP contribution < -0.4 is 0 Å². The van der Waals surface area contributed by atoms with Crippen molar-refractivity contribution in [1.82, 2.24) is 0 Å². The van der Waals surface area contributed by atoms with Crippen LogP contribution in [0.25, 0.3) is 6.08 Å². The maximum absolute atomic E-state index is 9.53. The highest BCUT2D eigenvalue weighted by Crippen LogP contribution is 2.30.